The van der Waals surface area contributed by atoms with Crippen molar-refractivity contribution in [3.63, 3.8) is 0 Å². The molecule has 128 valence electrons. The van der Waals surface area contributed by atoms with Crippen LogP contribution >= 0.6 is 11.6 Å². The van der Waals surface area contributed by atoms with E-state index in [0.717, 1.165) is 6.07 Å². The zero-order chi connectivity index (χ0) is 17.7. The van der Waals surface area contributed by atoms with Gasteiger partial charge in [0.25, 0.3) is 0 Å². The Morgan fingerprint density at radius 2 is 1.83 bits per heavy atom. The van der Waals surface area contributed by atoms with E-state index in [9.17, 15) is 22.0 Å². The number of rotatable bonds is 6. The summed E-state index contributed by atoms with van der Waals surface area (Å²) >= 11 is 5.76. The van der Waals surface area contributed by atoms with Gasteiger partial charge in [-0.3, -0.25) is 4.79 Å². The maximum atomic E-state index is 12.1. The minimum atomic E-state index is -3.78. The Bertz CT molecular complexity index is 829. The molecule has 0 aliphatic heterocycles. The number of sulfone groups is 1. The van der Waals surface area contributed by atoms with Gasteiger partial charge in [-0.2, -0.15) is 8.78 Å². The van der Waals surface area contributed by atoms with E-state index >= 15 is 0 Å². The SMILES string of the molecule is O=C(CS(=O)(=O)c1ccccc1)Nc1ccc(OC(F)F)c(Cl)c1. The number of amides is 1. The van der Waals surface area contributed by atoms with Crippen molar-refractivity contribution in [1.82, 2.24) is 0 Å². The summed E-state index contributed by atoms with van der Waals surface area (Å²) in [5.41, 5.74) is 0.162. The highest BCUT2D eigenvalue weighted by Crippen LogP contribution is 2.29. The van der Waals surface area contributed by atoms with Gasteiger partial charge in [0.1, 0.15) is 11.5 Å². The molecule has 0 aromatic heterocycles. The number of hydrogen-bond acceptors (Lipinski definition) is 4. The van der Waals surface area contributed by atoms with Gasteiger partial charge in [-0.1, -0.05) is 29.8 Å². The normalized spacial score (nSPS) is 11.3. The van der Waals surface area contributed by atoms with Gasteiger partial charge < -0.3 is 10.1 Å². The average molecular weight is 376 g/mol. The number of carbonyl (C=O) groups is 1. The molecule has 2 rings (SSSR count). The van der Waals surface area contributed by atoms with E-state index in [2.05, 4.69) is 10.1 Å². The zero-order valence-electron chi connectivity index (χ0n) is 12.1. The van der Waals surface area contributed by atoms with E-state index in [1.165, 1.54) is 24.3 Å². The summed E-state index contributed by atoms with van der Waals surface area (Å²) in [5.74, 6) is -1.79. The molecule has 0 unspecified atom stereocenters. The van der Waals surface area contributed by atoms with E-state index in [1.54, 1.807) is 18.2 Å². The van der Waals surface area contributed by atoms with E-state index in [-0.39, 0.29) is 21.4 Å². The lowest BCUT2D eigenvalue weighted by atomic mass is 10.3. The topological polar surface area (TPSA) is 72.5 Å². The Kier molecular flexibility index (Phi) is 5.74. The van der Waals surface area contributed by atoms with Crippen LogP contribution in [-0.4, -0.2) is 26.7 Å². The van der Waals surface area contributed by atoms with Crippen molar-refractivity contribution in [1.29, 1.82) is 0 Å². The summed E-state index contributed by atoms with van der Waals surface area (Å²) in [6.07, 6.45) is 0. The summed E-state index contributed by atoms with van der Waals surface area (Å²) in [6, 6.07) is 11.1. The van der Waals surface area contributed by atoms with Gasteiger partial charge in [0.05, 0.1) is 9.92 Å². The molecule has 0 aliphatic rings. The second kappa shape index (κ2) is 7.59. The third-order valence-corrected chi connectivity index (χ3v) is 4.78. The molecule has 0 saturated carbocycles. The van der Waals surface area contributed by atoms with Gasteiger partial charge in [0, 0.05) is 5.69 Å². The number of benzene rings is 2. The molecule has 0 heterocycles. The Balaban J connectivity index is 2.06. The van der Waals surface area contributed by atoms with Crippen LogP contribution in [0.3, 0.4) is 0 Å². The quantitative estimate of drug-likeness (QED) is 0.840. The second-order valence-corrected chi connectivity index (χ2v) is 7.04. The van der Waals surface area contributed by atoms with Crippen LogP contribution in [0, 0.1) is 0 Å². The standard InChI is InChI=1S/C15H12ClF2NO4S/c16-12-8-10(6-7-13(12)23-15(17)18)19-14(20)9-24(21,22)11-4-2-1-3-5-11/h1-8,15H,9H2,(H,19,20). The highest BCUT2D eigenvalue weighted by molar-refractivity contribution is 7.92. The first kappa shape index (κ1) is 18.2. The van der Waals surface area contributed by atoms with Crippen molar-refractivity contribution in [3.8, 4) is 5.75 Å². The molecule has 0 saturated heterocycles. The van der Waals surface area contributed by atoms with E-state index < -0.39 is 28.1 Å². The van der Waals surface area contributed by atoms with Crippen molar-refractivity contribution in [2.45, 2.75) is 11.5 Å². The fourth-order valence-electron chi connectivity index (χ4n) is 1.85. The first-order chi connectivity index (χ1) is 11.3. The molecule has 0 spiro atoms. The highest BCUT2D eigenvalue weighted by atomic mass is 35.5. The fraction of sp³-hybridized carbons (Fsp3) is 0.133. The highest BCUT2D eigenvalue weighted by Gasteiger charge is 2.19. The molecule has 2 aromatic carbocycles. The summed E-state index contributed by atoms with van der Waals surface area (Å²) < 4.78 is 52.6. The summed E-state index contributed by atoms with van der Waals surface area (Å²) in [7, 11) is -3.78. The lowest BCUT2D eigenvalue weighted by Crippen LogP contribution is -2.23. The number of alkyl halides is 2. The van der Waals surface area contributed by atoms with Crippen molar-refractivity contribution in [3.05, 3.63) is 53.6 Å². The zero-order valence-corrected chi connectivity index (χ0v) is 13.7. The average Bonchev–Trinajstić information content (AvgIpc) is 2.50. The van der Waals surface area contributed by atoms with Gasteiger partial charge >= 0.3 is 6.61 Å². The van der Waals surface area contributed by atoms with Crippen LogP contribution in [-0.2, 0) is 14.6 Å². The minimum absolute atomic E-state index is 0.0267. The van der Waals surface area contributed by atoms with Gasteiger partial charge in [-0.15, -0.1) is 0 Å². The lowest BCUT2D eigenvalue weighted by molar-refractivity contribution is -0.113. The minimum Gasteiger partial charge on any atom is -0.433 e. The molecule has 0 fully saturated rings. The van der Waals surface area contributed by atoms with Crippen molar-refractivity contribution in [2.24, 2.45) is 0 Å². The fourth-order valence-corrected chi connectivity index (χ4v) is 3.23. The smallest absolute Gasteiger partial charge is 0.387 e. The van der Waals surface area contributed by atoms with Crippen LogP contribution in [0.4, 0.5) is 14.5 Å². The first-order valence-corrected chi connectivity index (χ1v) is 8.63. The van der Waals surface area contributed by atoms with Gasteiger partial charge in [-0.25, -0.2) is 8.42 Å². The third kappa shape index (κ3) is 4.90. The number of halogens is 3. The molecular weight excluding hydrogens is 364 g/mol. The maximum absolute atomic E-state index is 12.1. The van der Waals surface area contributed by atoms with Crippen molar-refractivity contribution >= 4 is 33.0 Å². The van der Waals surface area contributed by atoms with Gasteiger partial charge in [-0.05, 0) is 30.3 Å². The number of hydrogen-bond donors (Lipinski definition) is 1. The summed E-state index contributed by atoms with van der Waals surface area (Å²) in [5, 5.41) is 2.20. The van der Waals surface area contributed by atoms with Crippen LogP contribution in [0.1, 0.15) is 0 Å². The second-order valence-electron chi connectivity index (χ2n) is 4.64. The Hall–Kier alpha value is -2.19. The molecule has 1 amide bonds. The number of nitrogens with one attached hydrogen (secondary N) is 1. The van der Waals surface area contributed by atoms with Gasteiger partial charge in [0.15, 0.2) is 9.84 Å². The lowest BCUT2D eigenvalue weighted by Gasteiger charge is -2.10. The number of carbonyl (C=O) groups excluding carboxylic acids is 1. The monoisotopic (exact) mass is 375 g/mol. The molecule has 0 aliphatic carbocycles. The van der Waals surface area contributed by atoms with Crippen molar-refractivity contribution < 1.29 is 26.7 Å². The van der Waals surface area contributed by atoms with Crippen LogP contribution in [0.25, 0.3) is 0 Å². The largest absolute Gasteiger partial charge is 0.433 e. The molecule has 1 N–H and O–H groups in total. The molecule has 0 bridgehead atoms. The Labute approximate surface area is 142 Å². The molecule has 0 atom stereocenters. The van der Waals surface area contributed by atoms with Crippen LogP contribution in [0.5, 0.6) is 5.75 Å². The van der Waals surface area contributed by atoms with E-state index in [4.69, 9.17) is 11.6 Å². The molecule has 24 heavy (non-hydrogen) atoms. The predicted molar refractivity (Wildman–Crippen MR) is 85.2 cm³/mol. The van der Waals surface area contributed by atoms with Gasteiger partial charge in [0.2, 0.25) is 5.91 Å². The van der Waals surface area contributed by atoms with Crippen LogP contribution in [0.15, 0.2) is 53.4 Å². The molecule has 9 heteroatoms. The van der Waals surface area contributed by atoms with E-state index in [1.807, 2.05) is 0 Å². The predicted octanol–water partition coefficient (Wildman–Crippen LogP) is 3.35. The number of anilines is 1. The molecule has 2 aromatic rings. The summed E-state index contributed by atoms with van der Waals surface area (Å²) in [6.45, 7) is -3.03. The Morgan fingerprint density at radius 1 is 1.17 bits per heavy atom. The number of ether oxygens (including phenoxy) is 1. The maximum Gasteiger partial charge on any atom is 0.387 e. The molecule has 0 radical (unpaired) electrons. The first-order valence-electron chi connectivity index (χ1n) is 6.60. The summed E-state index contributed by atoms with van der Waals surface area (Å²) in [4.78, 5) is 11.9. The molecular formula is C15H12ClF2NO4S. The van der Waals surface area contributed by atoms with Crippen LogP contribution < -0.4 is 10.1 Å². The Morgan fingerprint density at radius 3 is 2.42 bits per heavy atom. The van der Waals surface area contributed by atoms with Crippen molar-refractivity contribution in [2.75, 3.05) is 11.1 Å². The molecule has 5 nitrogen and oxygen atoms in total. The van der Waals surface area contributed by atoms with E-state index in [0.29, 0.717) is 0 Å². The third-order valence-electron chi connectivity index (χ3n) is 2.86. The van der Waals surface area contributed by atoms with Crippen LogP contribution in [0.2, 0.25) is 5.02 Å².